The lowest BCUT2D eigenvalue weighted by atomic mass is 10.1. The zero-order valence-corrected chi connectivity index (χ0v) is 24.6. The lowest BCUT2D eigenvalue weighted by molar-refractivity contribution is 0.0628. The summed E-state index contributed by atoms with van der Waals surface area (Å²) in [5.74, 6) is 0.0669. The number of piperazine rings is 1. The molecule has 3 aromatic rings. The van der Waals surface area contributed by atoms with Crippen molar-refractivity contribution >= 4 is 63.3 Å². The van der Waals surface area contributed by atoms with Crippen molar-refractivity contribution in [3.05, 3.63) is 87.4 Å². The van der Waals surface area contributed by atoms with Crippen LogP contribution in [0.1, 0.15) is 28.4 Å². The number of anilines is 1. The topological polar surface area (TPSA) is 91.3 Å². The Hall–Kier alpha value is -3.37. The quantitative estimate of drug-likeness (QED) is 0.298. The number of hydrogen-bond donors (Lipinski definition) is 1. The normalized spacial score (nSPS) is 14.3. The maximum Gasteiger partial charge on any atom is 0.264 e. The zero-order chi connectivity index (χ0) is 28.9. The second-order valence-corrected chi connectivity index (χ2v) is 11.7. The van der Waals surface area contributed by atoms with Crippen LogP contribution in [-0.4, -0.2) is 64.1 Å². The molecule has 210 valence electrons. The number of hydrogen-bond acceptors (Lipinski definition) is 6. The fourth-order valence-corrected chi connectivity index (χ4v) is 6.26. The first kappa shape index (κ1) is 29.6. The number of para-hydroxylation sites is 1. The number of halogens is 2. The summed E-state index contributed by atoms with van der Waals surface area (Å²) in [6.45, 7) is 8.50. The van der Waals surface area contributed by atoms with Crippen LogP contribution in [-0.2, 0) is 16.6 Å². The molecule has 0 bridgehead atoms. The average molecular weight is 602 g/mol. The number of carbonyl (C=O) groups is 1. The Labute approximate surface area is 244 Å². The van der Waals surface area contributed by atoms with Crippen LogP contribution >= 0.6 is 23.2 Å². The van der Waals surface area contributed by atoms with E-state index < -0.39 is 10.0 Å². The van der Waals surface area contributed by atoms with E-state index in [0.717, 1.165) is 5.56 Å². The van der Waals surface area contributed by atoms with E-state index in [2.05, 4.69) is 21.3 Å². The molecule has 0 aromatic heterocycles. The summed E-state index contributed by atoms with van der Waals surface area (Å²) >= 11 is 12.3. The number of aliphatic imine (C=N–C) groups is 1. The monoisotopic (exact) mass is 600 g/mol. The summed E-state index contributed by atoms with van der Waals surface area (Å²) in [6.07, 6.45) is 3.55. The molecule has 4 rings (SSSR count). The summed E-state index contributed by atoms with van der Waals surface area (Å²) in [5.41, 5.74) is 2.46. The van der Waals surface area contributed by atoms with Gasteiger partial charge in [-0.2, -0.15) is 0 Å². The smallest absolute Gasteiger partial charge is 0.264 e. The van der Waals surface area contributed by atoms with Crippen molar-refractivity contribution in [2.24, 2.45) is 4.99 Å². The molecule has 1 saturated heterocycles. The van der Waals surface area contributed by atoms with Gasteiger partial charge in [0.1, 0.15) is 10.6 Å². The molecule has 1 N–H and O–H groups in total. The Morgan fingerprint density at radius 3 is 2.50 bits per heavy atom. The van der Waals surface area contributed by atoms with Gasteiger partial charge in [-0.3, -0.25) is 19.4 Å². The molecule has 0 spiro atoms. The largest absolute Gasteiger partial charge is 0.495 e. The highest BCUT2D eigenvalue weighted by molar-refractivity contribution is 7.92. The third-order valence-electron chi connectivity index (χ3n) is 6.59. The van der Waals surface area contributed by atoms with Crippen LogP contribution in [0.5, 0.6) is 5.75 Å². The van der Waals surface area contributed by atoms with E-state index >= 15 is 0 Å². The predicted molar refractivity (Wildman–Crippen MR) is 162 cm³/mol. The Kier molecular flexibility index (Phi) is 9.52. The summed E-state index contributed by atoms with van der Waals surface area (Å²) in [6, 6.07) is 15.0. The van der Waals surface area contributed by atoms with Crippen molar-refractivity contribution < 1.29 is 17.9 Å². The van der Waals surface area contributed by atoms with E-state index in [4.69, 9.17) is 27.9 Å². The molecule has 0 radical (unpaired) electrons. The number of sulfonamides is 1. The lowest BCUT2D eigenvalue weighted by Crippen LogP contribution is -2.48. The number of amides is 1. The Balaban J connectivity index is 1.46. The molecule has 11 heteroatoms. The molecule has 40 heavy (non-hydrogen) atoms. The molecule has 1 aliphatic heterocycles. The Morgan fingerprint density at radius 2 is 1.85 bits per heavy atom. The van der Waals surface area contributed by atoms with Gasteiger partial charge in [-0.1, -0.05) is 53.6 Å². The Morgan fingerprint density at radius 1 is 1.10 bits per heavy atom. The van der Waals surface area contributed by atoms with Crippen molar-refractivity contribution in [2.45, 2.75) is 18.4 Å². The number of rotatable bonds is 9. The molecular weight excluding hydrogens is 571 g/mol. The first-order valence-electron chi connectivity index (χ1n) is 12.6. The average Bonchev–Trinajstić information content (AvgIpc) is 2.94. The van der Waals surface area contributed by atoms with Gasteiger partial charge >= 0.3 is 0 Å². The van der Waals surface area contributed by atoms with Gasteiger partial charge in [-0.05, 0) is 55.6 Å². The van der Waals surface area contributed by atoms with E-state index in [1.807, 2.05) is 19.1 Å². The van der Waals surface area contributed by atoms with Gasteiger partial charge in [0.05, 0.1) is 18.5 Å². The van der Waals surface area contributed by atoms with Gasteiger partial charge in [0.15, 0.2) is 0 Å². The molecule has 0 unspecified atom stereocenters. The highest BCUT2D eigenvalue weighted by atomic mass is 35.5. The Bertz CT molecular complexity index is 1550. The van der Waals surface area contributed by atoms with Gasteiger partial charge in [0.25, 0.3) is 15.9 Å². The van der Waals surface area contributed by atoms with Crippen LogP contribution in [0, 0.1) is 0 Å². The zero-order valence-electron chi connectivity index (χ0n) is 22.2. The van der Waals surface area contributed by atoms with Crippen LogP contribution in [0.2, 0.25) is 10.0 Å². The van der Waals surface area contributed by atoms with Crippen LogP contribution < -0.4 is 9.46 Å². The van der Waals surface area contributed by atoms with Crippen LogP contribution in [0.25, 0.3) is 6.08 Å². The van der Waals surface area contributed by atoms with E-state index in [-0.39, 0.29) is 27.9 Å². The van der Waals surface area contributed by atoms with Crippen LogP contribution in [0.4, 0.5) is 11.4 Å². The van der Waals surface area contributed by atoms with Crippen molar-refractivity contribution in [3.63, 3.8) is 0 Å². The van der Waals surface area contributed by atoms with Crippen LogP contribution in [0.15, 0.2) is 70.6 Å². The summed E-state index contributed by atoms with van der Waals surface area (Å²) in [4.78, 5) is 21.2. The van der Waals surface area contributed by atoms with Crippen LogP contribution in [0.3, 0.4) is 0 Å². The highest BCUT2D eigenvalue weighted by Gasteiger charge is 2.25. The fraction of sp³-hybridized carbons (Fsp3) is 0.241. The number of methoxy groups -OCH3 is 1. The summed E-state index contributed by atoms with van der Waals surface area (Å²) < 4.78 is 34.6. The summed E-state index contributed by atoms with van der Waals surface area (Å²) in [5, 5.41) is 1.21. The van der Waals surface area contributed by atoms with Crippen molar-refractivity contribution in [3.8, 4) is 5.75 Å². The van der Waals surface area contributed by atoms with E-state index in [1.165, 1.54) is 19.2 Å². The molecule has 8 nitrogen and oxygen atoms in total. The number of nitrogens with one attached hydrogen (secondary N) is 1. The molecule has 3 aromatic carbocycles. The van der Waals surface area contributed by atoms with Gasteiger partial charge in [0.2, 0.25) is 0 Å². The SMILES string of the molecule is C=Nc1c(/C=C\C)cccc1S(=O)(=O)Nc1ccc(C(=O)N2CCN(Cc3ccc(Cl)cc3Cl)CC2)cc1OC. The predicted octanol–water partition coefficient (Wildman–Crippen LogP) is 6.13. The molecular formula is C29H30Cl2N4O4S. The number of allylic oxidation sites excluding steroid dienone is 1. The minimum atomic E-state index is -4.04. The molecule has 0 saturated carbocycles. The second-order valence-electron chi connectivity index (χ2n) is 9.18. The molecule has 1 heterocycles. The highest BCUT2D eigenvalue weighted by Crippen LogP contribution is 2.33. The maximum atomic E-state index is 13.3. The number of benzene rings is 3. The lowest BCUT2D eigenvalue weighted by Gasteiger charge is -2.35. The van der Waals surface area contributed by atoms with Gasteiger partial charge in [-0.15, -0.1) is 0 Å². The number of ether oxygens (including phenoxy) is 1. The summed E-state index contributed by atoms with van der Waals surface area (Å²) in [7, 11) is -2.61. The minimum absolute atomic E-state index is 0.0157. The third-order valence-corrected chi connectivity index (χ3v) is 8.57. The van der Waals surface area contributed by atoms with Gasteiger partial charge < -0.3 is 9.64 Å². The van der Waals surface area contributed by atoms with Gasteiger partial charge in [0, 0.05) is 53.9 Å². The van der Waals surface area contributed by atoms with Crippen molar-refractivity contribution in [1.29, 1.82) is 0 Å². The molecule has 0 atom stereocenters. The van der Waals surface area contributed by atoms with Crippen molar-refractivity contribution in [1.82, 2.24) is 9.80 Å². The fourth-order valence-electron chi connectivity index (χ4n) is 4.53. The van der Waals surface area contributed by atoms with E-state index in [9.17, 15) is 13.2 Å². The minimum Gasteiger partial charge on any atom is -0.495 e. The first-order valence-corrected chi connectivity index (χ1v) is 14.8. The standard InChI is InChI=1S/C29H30Cl2N4O4S/c1-4-6-20-7-5-8-27(28(20)32-2)40(37,38)33-25-12-10-21(17-26(25)39-3)29(36)35-15-13-34(14-16-35)19-22-9-11-23(30)18-24(22)31/h4-12,17-18,33H,2,13-16,19H2,1,3H3/b6-4-. The second kappa shape index (κ2) is 12.9. The van der Waals surface area contributed by atoms with Crippen molar-refractivity contribution in [2.75, 3.05) is 38.0 Å². The van der Waals surface area contributed by atoms with E-state index in [1.54, 1.807) is 47.4 Å². The first-order chi connectivity index (χ1) is 19.2. The molecule has 1 aliphatic rings. The maximum absolute atomic E-state index is 13.3. The number of carbonyl (C=O) groups excluding carboxylic acids is 1. The van der Waals surface area contributed by atoms with E-state index in [0.29, 0.717) is 53.9 Å². The molecule has 1 fully saturated rings. The molecule has 0 aliphatic carbocycles. The number of nitrogens with zero attached hydrogens (tertiary/aromatic N) is 3. The third kappa shape index (κ3) is 6.67. The van der Waals surface area contributed by atoms with Gasteiger partial charge in [-0.25, -0.2) is 8.42 Å². The molecule has 1 amide bonds.